The van der Waals surface area contributed by atoms with Crippen molar-refractivity contribution < 1.29 is 9.59 Å². The van der Waals surface area contributed by atoms with E-state index in [9.17, 15) is 9.59 Å². The van der Waals surface area contributed by atoms with E-state index in [0.29, 0.717) is 13.1 Å². The monoisotopic (exact) mass is 862 g/mol. The van der Waals surface area contributed by atoms with Gasteiger partial charge in [-0.3, -0.25) is 19.4 Å². The number of aromatic nitrogens is 4. The summed E-state index contributed by atoms with van der Waals surface area (Å²) in [6.45, 7) is 1.43. The minimum absolute atomic E-state index is 0.0916. The van der Waals surface area contributed by atoms with Crippen molar-refractivity contribution >= 4 is 24.0 Å². The van der Waals surface area contributed by atoms with Crippen LogP contribution in [0.4, 0.5) is 0 Å². The highest BCUT2D eigenvalue weighted by molar-refractivity contribution is 5.85. The highest BCUT2D eigenvalue weighted by Crippen LogP contribution is 2.37. The van der Waals surface area contributed by atoms with E-state index in [1.807, 2.05) is 121 Å². The molecule has 5 aromatic carbocycles. The first-order valence-electron chi connectivity index (χ1n) is 22.8. The Morgan fingerprint density at radius 2 is 1.09 bits per heavy atom. The fourth-order valence-corrected chi connectivity index (χ4v) is 9.71. The second-order valence-electron chi connectivity index (χ2n) is 17.8. The summed E-state index contributed by atoms with van der Waals surface area (Å²) >= 11 is 0. The van der Waals surface area contributed by atoms with Crippen molar-refractivity contribution in [3.63, 3.8) is 0 Å². The normalized spacial score (nSPS) is 17.4. The number of amides is 2. The molecule has 2 amide bonds. The van der Waals surface area contributed by atoms with Gasteiger partial charge in [-0.25, -0.2) is 9.97 Å². The van der Waals surface area contributed by atoms with Crippen LogP contribution >= 0.6 is 0 Å². The molecule has 4 heterocycles. The second-order valence-corrected chi connectivity index (χ2v) is 17.8. The number of carbonyl (C=O) groups excluding carboxylic acids is 2. The van der Waals surface area contributed by atoms with Gasteiger partial charge in [-0.1, -0.05) is 140 Å². The lowest BCUT2D eigenvalue weighted by molar-refractivity contribution is -0.138. The maximum Gasteiger partial charge on any atom is 0.245 e. The molecule has 330 valence electrons. The highest BCUT2D eigenvalue weighted by atomic mass is 16.2. The van der Waals surface area contributed by atoms with E-state index in [1.54, 1.807) is 0 Å². The number of hydrogen-bond acceptors (Lipinski definition) is 6. The summed E-state index contributed by atoms with van der Waals surface area (Å²) in [5.74, 6) is 1.86. The molecule has 2 aliphatic heterocycles. The number of H-pyrrole nitrogens is 2. The van der Waals surface area contributed by atoms with E-state index in [4.69, 9.17) is 9.97 Å². The number of aromatic amines is 2. The van der Waals surface area contributed by atoms with Crippen LogP contribution in [0.3, 0.4) is 0 Å². The van der Waals surface area contributed by atoms with Gasteiger partial charge in [-0.2, -0.15) is 0 Å². The number of hydrogen-bond donors (Lipinski definition) is 2. The molecule has 2 N–H and O–H groups in total. The Labute approximate surface area is 382 Å². The van der Waals surface area contributed by atoms with Gasteiger partial charge < -0.3 is 19.8 Å². The summed E-state index contributed by atoms with van der Waals surface area (Å²) in [6, 6.07) is 44.8. The molecular weight excluding hydrogens is 805 g/mol. The van der Waals surface area contributed by atoms with E-state index in [1.165, 1.54) is 11.1 Å². The van der Waals surface area contributed by atoms with Crippen LogP contribution in [0.15, 0.2) is 146 Å². The third-order valence-electron chi connectivity index (χ3n) is 13.0. The molecule has 65 heavy (non-hydrogen) atoms. The average Bonchev–Trinajstić information content (AvgIpc) is 4.17. The van der Waals surface area contributed by atoms with Crippen LogP contribution in [-0.4, -0.2) is 92.6 Å². The average molecular weight is 863 g/mol. The zero-order chi connectivity index (χ0) is 44.9. The molecule has 2 aromatic heterocycles. The fourth-order valence-electron chi connectivity index (χ4n) is 9.71. The number of likely N-dealkylation sites (N-methyl/N-ethyl adjacent to an activating group) is 2. The van der Waals surface area contributed by atoms with Crippen LogP contribution in [0.25, 0.3) is 34.7 Å². The van der Waals surface area contributed by atoms with Crippen LogP contribution in [0.5, 0.6) is 0 Å². The van der Waals surface area contributed by atoms with Crippen LogP contribution in [0.1, 0.15) is 94.9 Å². The molecule has 2 fully saturated rings. The zero-order valence-corrected chi connectivity index (χ0v) is 37.8. The van der Waals surface area contributed by atoms with Gasteiger partial charge in [0.2, 0.25) is 11.8 Å². The predicted molar refractivity (Wildman–Crippen MR) is 259 cm³/mol. The molecule has 0 bridgehead atoms. The molecule has 10 heteroatoms. The number of benzene rings is 5. The topological polar surface area (TPSA) is 104 Å². The lowest BCUT2D eigenvalue weighted by Gasteiger charge is -2.31. The highest BCUT2D eigenvalue weighted by Gasteiger charge is 2.38. The molecule has 10 nitrogen and oxygen atoms in total. The first-order valence-corrected chi connectivity index (χ1v) is 22.8. The summed E-state index contributed by atoms with van der Waals surface area (Å²) < 4.78 is 0. The molecule has 0 radical (unpaired) electrons. The Kier molecular flexibility index (Phi) is 13.0. The van der Waals surface area contributed by atoms with Gasteiger partial charge in [0.05, 0.1) is 35.9 Å². The Morgan fingerprint density at radius 1 is 0.615 bits per heavy atom. The summed E-state index contributed by atoms with van der Waals surface area (Å²) in [5, 5.41) is 0. The van der Waals surface area contributed by atoms with Crippen LogP contribution in [0.2, 0.25) is 0 Å². The number of carbonyl (C=O) groups is 2. The van der Waals surface area contributed by atoms with E-state index in [2.05, 4.69) is 94.9 Å². The molecule has 0 spiro atoms. The molecule has 7 aromatic rings. The van der Waals surface area contributed by atoms with Crippen molar-refractivity contribution in [1.82, 2.24) is 39.5 Å². The molecule has 0 unspecified atom stereocenters. The van der Waals surface area contributed by atoms with E-state index in [0.717, 1.165) is 88.5 Å². The van der Waals surface area contributed by atoms with E-state index < -0.39 is 0 Å². The largest absolute Gasteiger partial charge is 0.340 e. The van der Waals surface area contributed by atoms with Crippen molar-refractivity contribution in [2.45, 2.75) is 56.3 Å². The van der Waals surface area contributed by atoms with Gasteiger partial charge in [0.1, 0.15) is 23.7 Å². The standard InChI is InChI=1S/C55H58N8O2/c1-60(2)50(42-18-10-6-11-19-42)54(64)62-32-14-22-48(62)52-56-36-46(58-52)41-28-25-38(26-29-41)24-27-40-30-31-44(35-45(40)34-39-16-8-5-9-17-39)47-37-57-53(59-47)49-23-15-33-63(49)55(65)51(61(3)4)43-20-12-7-13-21-43/h5-13,16-21,24-31,35-37,48-51H,14-15,22-23,32-34H2,1-4H3,(H,56,58)(H,57,59)/b27-24+/t48-,49-,50+,51+/m0/s1. The third-order valence-corrected chi connectivity index (χ3v) is 13.0. The first-order chi connectivity index (χ1) is 31.7. The van der Waals surface area contributed by atoms with Gasteiger partial charge in [0.15, 0.2) is 0 Å². The van der Waals surface area contributed by atoms with Crippen LogP contribution in [0, 0.1) is 0 Å². The van der Waals surface area contributed by atoms with Crippen LogP contribution < -0.4 is 0 Å². The Bertz CT molecular complexity index is 2720. The molecule has 2 aliphatic rings. The van der Waals surface area contributed by atoms with Gasteiger partial charge in [-0.15, -0.1) is 0 Å². The molecule has 0 saturated carbocycles. The van der Waals surface area contributed by atoms with Crippen molar-refractivity contribution in [2.75, 3.05) is 41.3 Å². The summed E-state index contributed by atoms with van der Waals surface area (Å²) in [4.78, 5) is 53.0. The number of imidazole rings is 2. The fraction of sp³-hybridized carbons (Fsp3) is 0.273. The summed E-state index contributed by atoms with van der Waals surface area (Å²) in [6.07, 6.45) is 12.6. The van der Waals surface area contributed by atoms with E-state index >= 15 is 0 Å². The maximum atomic E-state index is 14.1. The second kappa shape index (κ2) is 19.5. The van der Waals surface area contributed by atoms with Gasteiger partial charge in [0, 0.05) is 13.1 Å². The van der Waals surface area contributed by atoms with Crippen molar-refractivity contribution in [2.24, 2.45) is 0 Å². The van der Waals surface area contributed by atoms with Gasteiger partial charge in [0.25, 0.3) is 0 Å². The van der Waals surface area contributed by atoms with Gasteiger partial charge in [-0.05, 0) is 111 Å². The minimum atomic E-state index is -0.357. The van der Waals surface area contributed by atoms with Crippen molar-refractivity contribution in [1.29, 1.82) is 0 Å². The van der Waals surface area contributed by atoms with Crippen molar-refractivity contribution in [3.8, 4) is 22.5 Å². The Balaban J connectivity index is 0.911. The molecule has 9 rings (SSSR count). The lowest BCUT2D eigenvalue weighted by atomic mass is 9.96. The minimum Gasteiger partial charge on any atom is -0.340 e. The Morgan fingerprint density at radius 3 is 1.60 bits per heavy atom. The smallest absolute Gasteiger partial charge is 0.245 e. The zero-order valence-electron chi connectivity index (χ0n) is 37.8. The number of nitrogens with zero attached hydrogens (tertiary/aromatic N) is 6. The molecule has 2 saturated heterocycles. The summed E-state index contributed by atoms with van der Waals surface area (Å²) in [7, 11) is 7.86. The number of nitrogens with one attached hydrogen (secondary N) is 2. The predicted octanol–water partition coefficient (Wildman–Crippen LogP) is 10.2. The molecule has 0 aliphatic carbocycles. The van der Waals surface area contributed by atoms with Gasteiger partial charge >= 0.3 is 0 Å². The first kappa shape index (κ1) is 43.4. The Hall–Kier alpha value is -6.88. The van der Waals surface area contributed by atoms with Crippen molar-refractivity contribution in [3.05, 3.63) is 191 Å². The third kappa shape index (κ3) is 9.51. The molecule has 4 atom stereocenters. The van der Waals surface area contributed by atoms with E-state index in [-0.39, 0.29) is 36.0 Å². The lowest BCUT2D eigenvalue weighted by Crippen LogP contribution is -2.40. The molecular formula is C55H58N8O2. The SMILES string of the molecule is CN(C)[C@@H](C(=O)N1CCC[C@H]1c1ncc(-c2ccc(/C=C/c3ccc(-c4cnc([C@@H]5CCCN5C(=O)[C@@H](c5ccccc5)N(C)C)[nH]4)cc3Cc3ccccc3)cc2)[nH]1)c1ccccc1. The maximum absolute atomic E-state index is 14.1. The number of likely N-dealkylation sites (tertiary alicyclic amines) is 2. The summed E-state index contributed by atoms with van der Waals surface area (Å²) in [5.41, 5.74) is 10.6. The quantitative estimate of drug-likeness (QED) is 0.106. The van der Waals surface area contributed by atoms with Crippen LogP contribution in [-0.2, 0) is 16.0 Å². The number of rotatable bonds is 14.